The predicted molar refractivity (Wildman–Crippen MR) is 129 cm³/mol. The summed E-state index contributed by atoms with van der Waals surface area (Å²) in [6.45, 7) is 0.792. The molecule has 0 aliphatic heterocycles. The Morgan fingerprint density at radius 3 is 2.56 bits per heavy atom. The van der Waals surface area contributed by atoms with Gasteiger partial charge in [0, 0.05) is 12.6 Å². The summed E-state index contributed by atoms with van der Waals surface area (Å²) in [6, 6.07) is 23.7. The van der Waals surface area contributed by atoms with Crippen LogP contribution in [0.25, 0.3) is 11.0 Å². The molecule has 1 heterocycles. The third-order valence-electron chi connectivity index (χ3n) is 5.10. The molecule has 4 rings (SSSR count). The van der Waals surface area contributed by atoms with Crippen LogP contribution in [0.15, 0.2) is 78.0 Å². The second-order valence-corrected chi connectivity index (χ2v) is 8.12. The highest BCUT2D eigenvalue weighted by atomic mass is 32.2. The zero-order valence-electron chi connectivity index (χ0n) is 18.1. The molecule has 1 N–H and O–H groups in total. The van der Waals surface area contributed by atoms with Crippen molar-refractivity contribution in [2.75, 3.05) is 25.3 Å². The van der Waals surface area contributed by atoms with E-state index < -0.39 is 0 Å². The lowest BCUT2D eigenvalue weighted by Gasteiger charge is -2.12. The molecule has 3 aromatic carbocycles. The van der Waals surface area contributed by atoms with E-state index >= 15 is 0 Å². The number of hydrogen-bond donors (Lipinski definition) is 1. The van der Waals surface area contributed by atoms with Gasteiger partial charge in [-0.1, -0.05) is 54.2 Å². The second-order valence-electron chi connectivity index (χ2n) is 7.17. The van der Waals surface area contributed by atoms with Crippen LogP contribution in [0.3, 0.4) is 0 Å². The Morgan fingerprint density at radius 1 is 1.00 bits per heavy atom. The van der Waals surface area contributed by atoms with Crippen LogP contribution in [-0.4, -0.2) is 35.4 Å². The molecule has 0 radical (unpaired) electrons. The number of nitrogens with zero attached hydrogens (tertiary/aromatic N) is 2. The number of nitrogens with one attached hydrogen (secondary N) is 1. The molecule has 32 heavy (non-hydrogen) atoms. The molecule has 164 valence electrons. The summed E-state index contributed by atoms with van der Waals surface area (Å²) < 4.78 is 12.8. The van der Waals surface area contributed by atoms with Crippen LogP contribution in [-0.2, 0) is 17.8 Å². The number of aromatic nitrogens is 2. The molecule has 0 aliphatic carbocycles. The Kier molecular flexibility index (Phi) is 6.97. The number of benzene rings is 3. The zero-order valence-corrected chi connectivity index (χ0v) is 18.9. The summed E-state index contributed by atoms with van der Waals surface area (Å²) in [7, 11) is 3.15. The maximum Gasteiger partial charge on any atom is 0.234 e. The highest BCUT2D eigenvalue weighted by molar-refractivity contribution is 7.99. The van der Waals surface area contributed by atoms with Crippen molar-refractivity contribution >= 4 is 34.4 Å². The smallest absolute Gasteiger partial charge is 0.234 e. The van der Waals surface area contributed by atoms with Gasteiger partial charge < -0.3 is 19.4 Å². The Hall–Kier alpha value is -3.45. The van der Waals surface area contributed by atoms with Crippen molar-refractivity contribution in [3.8, 4) is 11.5 Å². The molecule has 0 unspecified atom stereocenters. The summed E-state index contributed by atoms with van der Waals surface area (Å²) in [4.78, 5) is 17.4. The standard InChI is InChI=1S/C25H25N3O3S/c1-30-19-12-13-21(23(16-19)31-2)26-24(29)17-32-25-27-20-10-6-7-11-22(20)28(25)15-14-18-8-4-3-5-9-18/h3-13,16H,14-15,17H2,1-2H3,(H,26,29). The van der Waals surface area contributed by atoms with Crippen LogP contribution in [0, 0.1) is 0 Å². The molecule has 1 aromatic heterocycles. The summed E-state index contributed by atoms with van der Waals surface area (Å²) in [5.74, 6) is 1.34. The van der Waals surface area contributed by atoms with E-state index in [-0.39, 0.29) is 11.7 Å². The number of aryl methyl sites for hydroxylation is 2. The van der Waals surface area contributed by atoms with Gasteiger partial charge >= 0.3 is 0 Å². The van der Waals surface area contributed by atoms with Gasteiger partial charge in [0.05, 0.1) is 36.7 Å². The number of hydrogen-bond acceptors (Lipinski definition) is 5. The first kappa shape index (κ1) is 21.8. The number of methoxy groups -OCH3 is 2. The van der Waals surface area contributed by atoms with Crippen LogP contribution < -0.4 is 14.8 Å². The number of para-hydroxylation sites is 2. The van der Waals surface area contributed by atoms with E-state index in [9.17, 15) is 4.79 Å². The lowest BCUT2D eigenvalue weighted by molar-refractivity contribution is -0.113. The number of fused-ring (bicyclic) bond motifs is 1. The maximum absolute atomic E-state index is 12.7. The van der Waals surface area contributed by atoms with E-state index in [0.717, 1.165) is 29.2 Å². The lowest BCUT2D eigenvalue weighted by atomic mass is 10.1. The highest BCUT2D eigenvalue weighted by Gasteiger charge is 2.14. The molecule has 7 heteroatoms. The van der Waals surface area contributed by atoms with Crippen LogP contribution in [0.2, 0.25) is 0 Å². The minimum absolute atomic E-state index is 0.125. The molecule has 6 nitrogen and oxygen atoms in total. The number of carbonyl (C=O) groups excluding carboxylic acids is 1. The monoisotopic (exact) mass is 447 g/mol. The van der Waals surface area contributed by atoms with Crippen LogP contribution >= 0.6 is 11.8 Å². The third-order valence-corrected chi connectivity index (χ3v) is 6.08. The summed E-state index contributed by atoms with van der Waals surface area (Å²) in [6.07, 6.45) is 0.893. The maximum atomic E-state index is 12.7. The number of carbonyl (C=O) groups is 1. The highest BCUT2D eigenvalue weighted by Crippen LogP contribution is 2.30. The van der Waals surface area contributed by atoms with Gasteiger partial charge in [-0.15, -0.1) is 0 Å². The van der Waals surface area contributed by atoms with Crippen molar-refractivity contribution in [3.05, 3.63) is 78.4 Å². The topological polar surface area (TPSA) is 65.4 Å². The third kappa shape index (κ3) is 5.06. The van der Waals surface area contributed by atoms with Gasteiger partial charge in [0.15, 0.2) is 5.16 Å². The summed E-state index contributed by atoms with van der Waals surface area (Å²) in [5.41, 5.74) is 3.88. The van der Waals surface area contributed by atoms with Crippen molar-refractivity contribution in [3.63, 3.8) is 0 Å². The normalized spacial score (nSPS) is 10.8. The van der Waals surface area contributed by atoms with Gasteiger partial charge in [0.25, 0.3) is 0 Å². The number of thioether (sulfide) groups is 1. The second kappa shape index (κ2) is 10.2. The van der Waals surface area contributed by atoms with E-state index in [0.29, 0.717) is 17.2 Å². The fourth-order valence-electron chi connectivity index (χ4n) is 3.48. The van der Waals surface area contributed by atoms with Crippen LogP contribution in [0.1, 0.15) is 5.56 Å². The molecule has 0 saturated carbocycles. The van der Waals surface area contributed by atoms with E-state index in [1.54, 1.807) is 32.4 Å². The van der Waals surface area contributed by atoms with Crippen molar-refractivity contribution in [1.29, 1.82) is 0 Å². The van der Waals surface area contributed by atoms with Gasteiger partial charge in [0.2, 0.25) is 5.91 Å². The minimum Gasteiger partial charge on any atom is -0.497 e. The molecule has 0 aliphatic rings. The van der Waals surface area contributed by atoms with Gasteiger partial charge in [-0.3, -0.25) is 4.79 Å². The molecule has 0 spiro atoms. The molecule has 0 saturated heterocycles. The molecule has 0 bridgehead atoms. The first-order chi connectivity index (χ1) is 15.7. The van der Waals surface area contributed by atoms with E-state index in [2.05, 4.69) is 40.2 Å². The average Bonchev–Trinajstić information content (AvgIpc) is 3.19. The zero-order chi connectivity index (χ0) is 22.3. The SMILES string of the molecule is COc1ccc(NC(=O)CSc2nc3ccccc3n2CCc2ccccc2)c(OC)c1. The molecular weight excluding hydrogens is 422 g/mol. The van der Waals surface area contributed by atoms with Crippen LogP contribution in [0.4, 0.5) is 5.69 Å². The fraction of sp³-hybridized carbons (Fsp3) is 0.200. The molecular formula is C25H25N3O3S. The number of anilines is 1. The van der Waals surface area contributed by atoms with Crippen molar-refractivity contribution in [1.82, 2.24) is 9.55 Å². The molecule has 0 fully saturated rings. The Bertz CT molecular complexity index is 1210. The van der Waals surface area contributed by atoms with Gasteiger partial charge in [-0.05, 0) is 36.2 Å². The van der Waals surface area contributed by atoms with Crippen molar-refractivity contribution in [2.24, 2.45) is 0 Å². The molecule has 0 atom stereocenters. The average molecular weight is 448 g/mol. The quantitative estimate of drug-likeness (QED) is 0.365. The van der Waals surface area contributed by atoms with Gasteiger partial charge in [0.1, 0.15) is 11.5 Å². The summed E-state index contributed by atoms with van der Waals surface area (Å²) in [5, 5.41) is 3.75. The largest absolute Gasteiger partial charge is 0.497 e. The Morgan fingerprint density at radius 2 is 1.78 bits per heavy atom. The molecule has 1 amide bonds. The number of amides is 1. The number of rotatable bonds is 9. The van der Waals surface area contributed by atoms with E-state index in [1.165, 1.54) is 17.3 Å². The number of imidazole rings is 1. The first-order valence-corrected chi connectivity index (χ1v) is 11.3. The Labute approximate surface area is 191 Å². The van der Waals surface area contributed by atoms with Crippen molar-refractivity contribution in [2.45, 2.75) is 18.1 Å². The van der Waals surface area contributed by atoms with Gasteiger partial charge in [-0.2, -0.15) is 0 Å². The van der Waals surface area contributed by atoms with Crippen molar-refractivity contribution < 1.29 is 14.3 Å². The minimum atomic E-state index is -0.125. The fourth-order valence-corrected chi connectivity index (χ4v) is 4.32. The number of ether oxygens (including phenoxy) is 2. The Balaban J connectivity index is 1.47. The van der Waals surface area contributed by atoms with E-state index in [4.69, 9.17) is 14.5 Å². The predicted octanol–water partition coefficient (Wildman–Crippen LogP) is 5.03. The van der Waals surface area contributed by atoms with Crippen LogP contribution in [0.5, 0.6) is 11.5 Å². The summed E-state index contributed by atoms with van der Waals surface area (Å²) >= 11 is 1.43. The lowest BCUT2D eigenvalue weighted by Crippen LogP contribution is -2.15. The molecule has 4 aromatic rings. The first-order valence-electron chi connectivity index (χ1n) is 10.3. The van der Waals surface area contributed by atoms with Gasteiger partial charge in [-0.25, -0.2) is 4.98 Å². The van der Waals surface area contributed by atoms with E-state index in [1.807, 2.05) is 24.3 Å².